The van der Waals surface area contributed by atoms with Crippen molar-refractivity contribution in [3.63, 3.8) is 0 Å². The Kier molecular flexibility index (Phi) is 15.7. The number of quaternary nitrogens is 1. The van der Waals surface area contributed by atoms with Gasteiger partial charge in [0.05, 0.1) is 13.2 Å². The lowest BCUT2D eigenvalue weighted by atomic mass is 10.1. The molecule has 2 unspecified atom stereocenters. The molecule has 0 aromatic rings. The summed E-state index contributed by atoms with van der Waals surface area (Å²) in [6.07, 6.45) is 17.6. The number of aliphatic hydroxyl groups is 2. The molecule has 3 N–H and O–H groups in total. The lowest BCUT2D eigenvalue weighted by molar-refractivity contribution is -0.837. The van der Waals surface area contributed by atoms with E-state index in [0.29, 0.717) is 25.3 Å². The third kappa shape index (κ3) is 13.1. The van der Waals surface area contributed by atoms with Gasteiger partial charge in [-0.05, 0) is 32.1 Å². The average molecular weight is 504 g/mol. The van der Waals surface area contributed by atoms with Crippen LogP contribution in [-0.4, -0.2) is 83.9 Å². The molecule has 0 aliphatic carbocycles. The van der Waals surface area contributed by atoms with Crippen LogP contribution in [0.4, 0.5) is 0 Å². The summed E-state index contributed by atoms with van der Waals surface area (Å²) in [5, 5.41) is 19.6. The highest BCUT2D eigenvalue weighted by atomic mass is 32.2. The Morgan fingerprint density at radius 2 is 1.62 bits per heavy atom. The fraction of sp³-hybridized carbons (Fsp3) is 0.840. The van der Waals surface area contributed by atoms with Crippen LogP contribution < -0.4 is 0 Å². The van der Waals surface area contributed by atoms with Crippen molar-refractivity contribution >= 4 is 21.7 Å². The fourth-order valence-electron chi connectivity index (χ4n) is 4.62. The Labute approximate surface area is 206 Å². The molecule has 0 amide bonds. The van der Waals surface area contributed by atoms with E-state index >= 15 is 0 Å². The van der Waals surface area contributed by atoms with E-state index in [1.807, 2.05) is 0 Å². The van der Waals surface area contributed by atoms with Gasteiger partial charge < -0.3 is 10.2 Å². The zero-order chi connectivity index (χ0) is 25.3. The van der Waals surface area contributed by atoms with Crippen molar-refractivity contribution in [3.8, 4) is 0 Å². The number of hydrogen-bond donors (Lipinski definition) is 3. The molecule has 198 valence electrons. The van der Waals surface area contributed by atoms with Crippen LogP contribution in [0, 0.1) is 0 Å². The molecule has 1 heterocycles. The van der Waals surface area contributed by atoms with Gasteiger partial charge in [0.2, 0.25) is 5.78 Å². The summed E-state index contributed by atoms with van der Waals surface area (Å²) in [5.41, 5.74) is 0. The van der Waals surface area contributed by atoms with E-state index in [1.54, 1.807) is 0 Å². The summed E-state index contributed by atoms with van der Waals surface area (Å²) >= 11 is 0. The topological polar surface area (TPSA) is 124 Å². The third-order valence-electron chi connectivity index (χ3n) is 6.40. The molecular weight excluding hydrogens is 456 g/mol. The number of unbranched alkanes of at least 4 members (excludes halogenated alkanes) is 10. The van der Waals surface area contributed by atoms with E-state index in [0.717, 1.165) is 38.5 Å². The van der Waals surface area contributed by atoms with Crippen LogP contribution in [0.5, 0.6) is 0 Å². The number of allylic oxidation sites excluding steroid dienone is 2. The number of aliphatic hydroxyl groups excluding tert-OH is 2. The molecule has 0 bridgehead atoms. The second-order valence-electron chi connectivity index (χ2n) is 9.51. The Morgan fingerprint density at radius 1 is 1.03 bits per heavy atom. The number of rotatable bonds is 21. The lowest BCUT2D eigenvalue weighted by Gasteiger charge is -2.34. The zero-order valence-electron chi connectivity index (χ0n) is 21.0. The van der Waals surface area contributed by atoms with Crippen LogP contribution >= 0.6 is 0 Å². The molecule has 0 fully saturated rings. The predicted molar refractivity (Wildman–Crippen MR) is 137 cm³/mol. The quantitative estimate of drug-likeness (QED) is 0.0950. The molecule has 0 aromatic heterocycles. The second-order valence-corrected chi connectivity index (χ2v) is 11.0. The molecular formula is C25H47N2O6S+. The number of nitrogens with zero attached hydrogens (tertiary/aromatic N) is 2. The van der Waals surface area contributed by atoms with Crippen LogP contribution in [0.1, 0.15) is 90.4 Å². The van der Waals surface area contributed by atoms with Crippen molar-refractivity contribution in [2.45, 2.75) is 96.5 Å². The molecule has 9 heteroatoms. The van der Waals surface area contributed by atoms with Crippen molar-refractivity contribution in [2.75, 3.05) is 38.5 Å². The maximum absolute atomic E-state index is 12.8. The highest BCUT2D eigenvalue weighted by molar-refractivity contribution is 7.85. The highest BCUT2D eigenvalue weighted by Crippen LogP contribution is 2.20. The molecule has 34 heavy (non-hydrogen) atoms. The lowest BCUT2D eigenvalue weighted by Crippen LogP contribution is -2.59. The molecule has 0 spiro atoms. The first-order valence-corrected chi connectivity index (χ1v) is 14.7. The van der Waals surface area contributed by atoms with Gasteiger partial charge in [0.1, 0.15) is 31.5 Å². The second kappa shape index (κ2) is 17.3. The predicted octanol–water partition coefficient (Wildman–Crippen LogP) is 3.67. The van der Waals surface area contributed by atoms with Crippen LogP contribution in [-0.2, 0) is 14.9 Å². The van der Waals surface area contributed by atoms with E-state index < -0.39 is 22.0 Å². The van der Waals surface area contributed by atoms with Crippen LogP contribution in [0.25, 0.3) is 0 Å². The summed E-state index contributed by atoms with van der Waals surface area (Å²) in [4.78, 5) is 17.2. The standard InChI is InChI=1S/C25H46N2O6S/c1-2-3-4-5-6-7-8-9-10-11-12-13-14-15-16-24(30)25-26-17-18-27(25,19-20-28)21-23(29)22-34(31,32)33/h8-9,23,28-29H,2-7,10-22H2,1H3/p+1/b9-8+. The first-order valence-electron chi connectivity index (χ1n) is 13.1. The van der Waals surface area contributed by atoms with Gasteiger partial charge in [0.15, 0.2) is 0 Å². The summed E-state index contributed by atoms with van der Waals surface area (Å²) in [6, 6.07) is 0. The van der Waals surface area contributed by atoms with Gasteiger partial charge in [-0.2, -0.15) is 8.42 Å². The Hall–Kier alpha value is -1.13. The van der Waals surface area contributed by atoms with E-state index in [1.165, 1.54) is 38.5 Å². The molecule has 1 aliphatic heterocycles. The summed E-state index contributed by atoms with van der Waals surface area (Å²) in [7, 11) is -4.33. The van der Waals surface area contributed by atoms with Crippen molar-refractivity contribution in [2.24, 2.45) is 4.99 Å². The van der Waals surface area contributed by atoms with Crippen LogP contribution in [0.3, 0.4) is 0 Å². The number of Topliss-reactive ketones (excluding diaryl/α,β-unsaturated/α-hetero) is 1. The van der Waals surface area contributed by atoms with Gasteiger partial charge in [-0.1, -0.05) is 64.0 Å². The van der Waals surface area contributed by atoms with E-state index in [-0.39, 0.29) is 30.0 Å². The minimum absolute atomic E-state index is 0.0308. The number of carbonyl (C=O) groups is 1. The van der Waals surface area contributed by atoms with Gasteiger partial charge in [0.25, 0.3) is 16.0 Å². The summed E-state index contributed by atoms with van der Waals surface area (Å²) < 4.78 is 31.2. The SMILES string of the molecule is CCCCCCC/C=C/CCCCCCCC(=O)C1=NCC[N+]1(CCO)CC(O)CS(=O)(=O)O. The van der Waals surface area contributed by atoms with E-state index in [9.17, 15) is 23.4 Å². The van der Waals surface area contributed by atoms with Crippen molar-refractivity contribution in [1.82, 2.24) is 0 Å². The molecule has 0 radical (unpaired) electrons. The number of carbonyl (C=O) groups excluding carboxylic acids is 1. The maximum atomic E-state index is 12.8. The Balaban J connectivity index is 2.29. The molecule has 0 saturated carbocycles. The van der Waals surface area contributed by atoms with Gasteiger partial charge in [-0.25, -0.2) is 4.99 Å². The third-order valence-corrected chi connectivity index (χ3v) is 7.20. The fourth-order valence-corrected chi connectivity index (χ4v) is 5.22. The van der Waals surface area contributed by atoms with E-state index in [4.69, 9.17) is 4.55 Å². The molecule has 2 atom stereocenters. The van der Waals surface area contributed by atoms with Crippen molar-refractivity contribution in [3.05, 3.63) is 12.2 Å². The first kappa shape index (κ1) is 30.9. The average Bonchev–Trinajstić information content (AvgIpc) is 3.15. The molecule has 0 saturated heterocycles. The van der Waals surface area contributed by atoms with Gasteiger partial charge in [-0.3, -0.25) is 13.8 Å². The minimum Gasteiger partial charge on any atom is -0.390 e. The van der Waals surface area contributed by atoms with Crippen LogP contribution in [0.15, 0.2) is 17.1 Å². The molecule has 1 rings (SSSR count). The number of aliphatic imine (C=N–C) groups is 1. The van der Waals surface area contributed by atoms with E-state index in [2.05, 4.69) is 24.1 Å². The normalized spacial score (nSPS) is 19.6. The first-order chi connectivity index (χ1) is 16.2. The zero-order valence-corrected chi connectivity index (χ0v) is 21.9. The van der Waals surface area contributed by atoms with Gasteiger partial charge >= 0.3 is 0 Å². The maximum Gasteiger partial charge on any atom is 0.267 e. The van der Waals surface area contributed by atoms with Gasteiger partial charge in [0, 0.05) is 6.42 Å². The molecule has 1 aliphatic rings. The summed E-state index contributed by atoms with van der Waals surface area (Å²) in [6.45, 7) is 2.95. The molecule has 0 aromatic carbocycles. The smallest absolute Gasteiger partial charge is 0.267 e. The van der Waals surface area contributed by atoms with Crippen molar-refractivity contribution < 1.29 is 32.5 Å². The largest absolute Gasteiger partial charge is 0.390 e. The van der Waals surface area contributed by atoms with Crippen molar-refractivity contribution in [1.29, 1.82) is 0 Å². The Bertz CT molecular complexity index is 738. The number of hydrogen-bond acceptors (Lipinski definition) is 6. The van der Waals surface area contributed by atoms with Crippen LogP contribution in [0.2, 0.25) is 0 Å². The number of ketones is 1. The highest BCUT2D eigenvalue weighted by Gasteiger charge is 2.43. The monoisotopic (exact) mass is 503 g/mol. The van der Waals surface area contributed by atoms with Gasteiger partial charge in [-0.15, -0.1) is 0 Å². The molecule has 8 nitrogen and oxygen atoms in total. The summed E-state index contributed by atoms with van der Waals surface area (Å²) in [5.74, 6) is -0.594. The Morgan fingerprint density at radius 3 is 2.21 bits per heavy atom. The minimum atomic E-state index is -4.33. The number of amidine groups is 1.